The molecule has 0 spiro atoms. The van der Waals surface area contributed by atoms with Crippen LogP contribution in [0.2, 0.25) is 0 Å². The molecule has 104 valence electrons. The van der Waals surface area contributed by atoms with Crippen LogP contribution in [0.3, 0.4) is 0 Å². The van der Waals surface area contributed by atoms with E-state index in [1.165, 1.54) is 0 Å². The van der Waals surface area contributed by atoms with Crippen molar-refractivity contribution in [2.24, 2.45) is 0 Å². The highest BCUT2D eigenvalue weighted by Crippen LogP contribution is 2.04. The molecule has 0 aromatic rings. The van der Waals surface area contributed by atoms with Crippen LogP contribution in [0.15, 0.2) is 0 Å². The largest absolute Gasteiger partial charge is 0.394 e. The molecule has 0 aromatic heterocycles. The minimum absolute atomic E-state index is 0.556. The average molecular weight is 274 g/mol. The van der Waals surface area contributed by atoms with Crippen molar-refractivity contribution in [3.8, 4) is 0 Å². The van der Waals surface area contributed by atoms with E-state index < -0.39 is 47.8 Å². The summed E-state index contributed by atoms with van der Waals surface area (Å²) in [5, 5.41) is 45.4. The Kier molecular flexibility index (Phi) is 7.04. The molecule has 10 heteroatoms. The molecule has 0 radical (unpaired) electrons. The summed E-state index contributed by atoms with van der Waals surface area (Å²) in [6.07, 6.45) is -6.83. The fourth-order valence-electron chi connectivity index (χ4n) is 0.951. The van der Waals surface area contributed by atoms with Gasteiger partial charge in [-0.3, -0.25) is 0 Å². The first-order chi connectivity index (χ1) is 7.75. The van der Waals surface area contributed by atoms with Gasteiger partial charge in [-0.2, -0.15) is 13.1 Å². The topological polar surface area (TPSA) is 159 Å². The molecule has 0 saturated heterocycles. The summed E-state index contributed by atoms with van der Waals surface area (Å²) in [4.78, 5) is 0. The Morgan fingerprint density at radius 3 is 1.94 bits per heavy atom. The van der Waals surface area contributed by atoms with Crippen LogP contribution in [0.5, 0.6) is 0 Å². The van der Waals surface area contributed by atoms with Crippen molar-refractivity contribution < 1.29 is 34.0 Å². The number of nitrogens with one attached hydrogen (secondary N) is 2. The van der Waals surface area contributed by atoms with Crippen molar-refractivity contribution in [1.82, 2.24) is 9.44 Å². The van der Waals surface area contributed by atoms with E-state index in [4.69, 9.17) is 10.2 Å². The molecular weight excluding hydrogens is 256 g/mol. The standard InChI is InChI=1S/C7H18N2O7S/c1-8-17(15,16)9-2-4(11)6(13)7(14)5(12)3-10/h4-14H,2-3H2,1H3/t4-,5+,6+,7+/m0/s1. The van der Waals surface area contributed by atoms with Gasteiger partial charge < -0.3 is 25.5 Å². The molecule has 17 heavy (non-hydrogen) atoms. The smallest absolute Gasteiger partial charge is 0.276 e. The van der Waals surface area contributed by atoms with Gasteiger partial charge in [-0.05, 0) is 0 Å². The molecule has 0 heterocycles. The fraction of sp³-hybridized carbons (Fsp3) is 1.00. The molecule has 7 N–H and O–H groups in total. The van der Waals surface area contributed by atoms with Crippen LogP contribution in [-0.2, 0) is 10.2 Å². The first-order valence-electron chi connectivity index (χ1n) is 4.76. The van der Waals surface area contributed by atoms with Gasteiger partial charge in [0.05, 0.1) is 12.7 Å². The Bertz CT molecular complexity index is 309. The third-order valence-electron chi connectivity index (χ3n) is 2.08. The van der Waals surface area contributed by atoms with Gasteiger partial charge in [-0.15, -0.1) is 0 Å². The number of aliphatic hydroxyl groups is 5. The third-order valence-corrected chi connectivity index (χ3v) is 3.16. The summed E-state index contributed by atoms with van der Waals surface area (Å²) < 4.78 is 25.7. The van der Waals surface area contributed by atoms with Crippen molar-refractivity contribution in [2.75, 3.05) is 20.2 Å². The van der Waals surface area contributed by atoms with E-state index in [2.05, 4.69) is 0 Å². The fourth-order valence-corrected chi connectivity index (χ4v) is 1.49. The zero-order valence-corrected chi connectivity index (χ0v) is 10.0. The van der Waals surface area contributed by atoms with Gasteiger partial charge in [0.25, 0.3) is 10.2 Å². The third kappa shape index (κ3) is 5.70. The van der Waals surface area contributed by atoms with E-state index in [-0.39, 0.29) is 0 Å². The van der Waals surface area contributed by atoms with Gasteiger partial charge in [0, 0.05) is 13.6 Å². The molecule has 0 aliphatic rings. The van der Waals surface area contributed by atoms with Gasteiger partial charge in [-0.1, -0.05) is 0 Å². The minimum atomic E-state index is -3.76. The Labute approximate surface area is 98.9 Å². The van der Waals surface area contributed by atoms with Crippen LogP contribution in [-0.4, -0.2) is 78.6 Å². The van der Waals surface area contributed by atoms with Crippen LogP contribution in [0.4, 0.5) is 0 Å². The lowest BCUT2D eigenvalue weighted by molar-refractivity contribution is -0.113. The molecule has 4 atom stereocenters. The van der Waals surface area contributed by atoms with E-state index in [1.54, 1.807) is 0 Å². The van der Waals surface area contributed by atoms with Crippen molar-refractivity contribution >= 4 is 10.2 Å². The Balaban J connectivity index is 4.27. The predicted molar refractivity (Wildman–Crippen MR) is 57.1 cm³/mol. The van der Waals surface area contributed by atoms with Gasteiger partial charge in [0.2, 0.25) is 0 Å². The molecule has 0 aliphatic carbocycles. The summed E-state index contributed by atoms with van der Waals surface area (Å²) >= 11 is 0. The maximum atomic E-state index is 10.9. The lowest BCUT2D eigenvalue weighted by Crippen LogP contribution is -2.50. The predicted octanol–water partition coefficient (Wildman–Crippen LogP) is -4.52. The summed E-state index contributed by atoms with van der Waals surface area (Å²) in [5.41, 5.74) is 0. The molecule has 9 nitrogen and oxygen atoms in total. The van der Waals surface area contributed by atoms with E-state index in [1.807, 2.05) is 9.44 Å². The average Bonchev–Trinajstić information content (AvgIpc) is 2.33. The van der Waals surface area contributed by atoms with Crippen LogP contribution >= 0.6 is 0 Å². The van der Waals surface area contributed by atoms with Crippen molar-refractivity contribution in [3.05, 3.63) is 0 Å². The number of hydrogen-bond acceptors (Lipinski definition) is 7. The second kappa shape index (κ2) is 7.18. The molecular formula is C7H18N2O7S. The Hall–Kier alpha value is -0.330. The van der Waals surface area contributed by atoms with Crippen molar-refractivity contribution in [3.63, 3.8) is 0 Å². The highest BCUT2D eigenvalue weighted by Gasteiger charge is 2.30. The van der Waals surface area contributed by atoms with Gasteiger partial charge in [0.1, 0.15) is 18.3 Å². The second-order valence-electron chi connectivity index (χ2n) is 3.35. The molecule has 0 fully saturated rings. The summed E-state index contributed by atoms with van der Waals surface area (Å²) in [7, 11) is -2.62. The van der Waals surface area contributed by atoms with Crippen LogP contribution < -0.4 is 9.44 Å². The van der Waals surface area contributed by atoms with Crippen LogP contribution in [0.1, 0.15) is 0 Å². The summed E-state index contributed by atoms with van der Waals surface area (Å²) in [5.74, 6) is 0. The highest BCUT2D eigenvalue weighted by molar-refractivity contribution is 7.87. The normalized spacial score (nSPS) is 19.6. The SMILES string of the molecule is CNS(=O)(=O)NC[C@H](O)[C@@H](O)[C@H](O)[C@H](O)CO. The lowest BCUT2D eigenvalue weighted by atomic mass is 10.0. The Morgan fingerprint density at radius 2 is 1.53 bits per heavy atom. The Morgan fingerprint density at radius 1 is 1.06 bits per heavy atom. The van der Waals surface area contributed by atoms with E-state index >= 15 is 0 Å². The van der Waals surface area contributed by atoms with Crippen molar-refractivity contribution in [1.29, 1.82) is 0 Å². The highest BCUT2D eigenvalue weighted by atomic mass is 32.2. The van der Waals surface area contributed by atoms with Crippen molar-refractivity contribution in [2.45, 2.75) is 24.4 Å². The quantitative estimate of drug-likeness (QED) is 0.235. The van der Waals surface area contributed by atoms with Gasteiger partial charge in [0.15, 0.2) is 0 Å². The molecule has 0 rings (SSSR count). The van der Waals surface area contributed by atoms with Gasteiger partial charge >= 0.3 is 0 Å². The monoisotopic (exact) mass is 274 g/mol. The molecule has 0 amide bonds. The van der Waals surface area contributed by atoms with Crippen LogP contribution in [0.25, 0.3) is 0 Å². The number of aliphatic hydroxyl groups excluding tert-OH is 5. The first kappa shape index (κ1) is 16.7. The molecule has 0 aromatic carbocycles. The second-order valence-corrected chi connectivity index (χ2v) is 5.06. The lowest BCUT2D eigenvalue weighted by Gasteiger charge is -2.25. The van der Waals surface area contributed by atoms with E-state index in [9.17, 15) is 23.7 Å². The zero-order chi connectivity index (χ0) is 13.6. The summed E-state index contributed by atoms with van der Waals surface area (Å²) in [6.45, 7) is -1.35. The van der Waals surface area contributed by atoms with E-state index in [0.717, 1.165) is 7.05 Å². The minimum Gasteiger partial charge on any atom is -0.394 e. The maximum absolute atomic E-state index is 10.9. The number of hydrogen-bond donors (Lipinski definition) is 7. The maximum Gasteiger partial charge on any atom is 0.276 e. The molecule has 0 unspecified atom stereocenters. The van der Waals surface area contributed by atoms with Crippen LogP contribution in [0, 0.1) is 0 Å². The first-order valence-corrected chi connectivity index (χ1v) is 6.24. The molecule has 0 aliphatic heterocycles. The number of rotatable bonds is 8. The van der Waals surface area contributed by atoms with Gasteiger partial charge in [-0.25, -0.2) is 4.72 Å². The summed E-state index contributed by atoms with van der Waals surface area (Å²) in [6, 6.07) is 0. The molecule has 0 bridgehead atoms. The molecule has 0 saturated carbocycles. The zero-order valence-electron chi connectivity index (χ0n) is 9.18. The van der Waals surface area contributed by atoms with E-state index in [0.29, 0.717) is 0 Å².